The highest BCUT2D eigenvalue weighted by Crippen LogP contribution is 2.14. The van der Waals surface area contributed by atoms with Gasteiger partial charge in [0.25, 0.3) is 0 Å². The molecule has 0 amide bonds. The fourth-order valence-electron chi connectivity index (χ4n) is 1.21. The van der Waals surface area contributed by atoms with Gasteiger partial charge in [-0.1, -0.05) is 61.7 Å². The molecule has 0 aliphatic rings. The molecule has 2 heteroatoms. The second-order valence-corrected chi connectivity index (χ2v) is 4.66. The Morgan fingerprint density at radius 2 is 1.62 bits per heavy atom. The van der Waals surface area contributed by atoms with E-state index in [-0.39, 0.29) is 0 Å². The van der Waals surface area contributed by atoms with Gasteiger partial charge in [0.05, 0.1) is 0 Å². The lowest BCUT2D eigenvalue weighted by Gasteiger charge is -2.10. The van der Waals surface area contributed by atoms with Crippen molar-refractivity contribution in [2.45, 2.75) is 13.3 Å². The van der Waals surface area contributed by atoms with E-state index in [1.54, 1.807) is 0 Å². The number of halogens is 2. The second kappa shape index (κ2) is 5.82. The molecule has 0 nitrogen and oxygen atoms in total. The van der Waals surface area contributed by atoms with E-state index in [4.69, 9.17) is 0 Å². The predicted molar refractivity (Wildman–Crippen MR) is 66.0 cm³/mol. The SMILES string of the molecule is Cc1ccc(CC(CBr)CBr)cc1. The first-order valence-electron chi connectivity index (χ1n) is 4.43. The molecule has 0 aromatic heterocycles. The molecule has 0 aliphatic heterocycles. The number of aryl methyl sites for hydroxylation is 1. The van der Waals surface area contributed by atoms with Crippen molar-refractivity contribution >= 4 is 31.9 Å². The molecule has 1 aromatic rings. The summed E-state index contributed by atoms with van der Waals surface area (Å²) in [6, 6.07) is 8.78. The van der Waals surface area contributed by atoms with Crippen LogP contribution in [0.5, 0.6) is 0 Å². The normalized spacial score (nSPS) is 10.8. The Balaban J connectivity index is 2.58. The Morgan fingerprint density at radius 1 is 1.08 bits per heavy atom. The second-order valence-electron chi connectivity index (χ2n) is 3.36. The highest BCUT2D eigenvalue weighted by molar-refractivity contribution is 9.09. The van der Waals surface area contributed by atoms with Gasteiger partial charge in [-0.05, 0) is 24.8 Å². The highest BCUT2D eigenvalue weighted by atomic mass is 79.9. The molecule has 0 saturated heterocycles. The molecule has 0 aliphatic carbocycles. The first-order chi connectivity index (χ1) is 6.26. The van der Waals surface area contributed by atoms with Crippen LogP contribution in [-0.4, -0.2) is 10.7 Å². The average molecular weight is 306 g/mol. The Kier molecular flexibility index (Phi) is 5.04. The minimum Gasteiger partial charge on any atom is -0.0925 e. The molecule has 0 heterocycles. The Labute approximate surface area is 97.0 Å². The van der Waals surface area contributed by atoms with Crippen LogP contribution in [0.25, 0.3) is 0 Å². The van der Waals surface area contributed by atoms with Crippen LogP contribution in [-0.2, 0) is 6.42 Å². The van der Waals surface area contributed by atoms with Crippen molar-refractivity contribution in [1.29, 1.82) is 0 Å². The van der Waals surface area contributed by atoms with Gasteiger partial charge in [0.15, 0.2) is 0 Å². The zero-order chi connectivity index (χ0) is 9.68. The van der Waals surface area contributed by atoms with E-state index in [9.17, 15) is 0 Å². The van der Waals surface area contributed by atoms with Crippen molar-refractivity contribution in [1.82, 2.24) is 0 Å². The van der Waals surface area contributed by atoms with Crippen LogP contribution in [0, 0.1) is 12.8 Å². The molecule has 0 fully saturated rings. The van der Waals surface area contributed by atoms with E-state index >= 15 is 0 Å². The quantitative estimate of drug-likeness (QED) is 0.739. The van der Waals surface area contributed by atoms with E-state index in [0.29, 0.717) is 5.92 Å². The van der Waals surface area contributed by atoms with Crippen molar-refractivity contribution in [3.63, 3.8) is 0 Å². The summed E-state index contributed by atoms with van der Waals surface area (Å²) in [5.41, 5.74) is 2.76. The lowest BCUT2D eigenvalue weighted by molar-refractivity contribution is 0.679. The molecule has 0 spiro atoms. The Bertz CT molecular complexity index is 237. The topological polar surface area (TPSA) is 0 Å². The van der Waals surface area contributed by atoms with Crippen LogP contribution in [0.2, 0.25) is 0 Å². The molecular formula is C11H14Br2. The fraction of sp³-hybridized carbons (Fsp3) is 0.455. The van der Waals surface area contributed by atoms with E-state index in [1.165, 1.54) is 11.1 Å². The van der Waals surface area contributed by atoms with Crippen molar-refractivity contribution in [3.05, 3.63) is 35.4 Å². The van der Waals surface area contributed by atoms with E-state index < -0.39 is 0 Å². The van der Waals surface area contributed by atoms with Gasteiger partial charge in [-0.2, -0.15) is 0 Å². The van der Waals surface area contributed by atoms with E-state index in [1.807, 2.05) is 0 Å². The molecule has 0 unspecified atom stereocenters. The van der Waals surface area contributed by atoms with Crippen LogP contribution in [0.15, 0.2) is 24.3 Å². The van der Waals surface area contributed by atoms with Crippen LogP contribution in [0.4, 0.5) is 0 Å². The van der Waals surface area contributed by atoms with E-state index in [0.717, 1.165) is 17.1 Å². The van der Waals surface area contributed by atoms with Gasteiger partial charge in [-0.25, -0.2) is 0 Å². The maximum absolute atomic E-state index is 3.52. The molecule has 0 N–H and O–H groups in total. The minimum absolute atomic E-state index is 0.697. The van der Waals surface area contributed by atoms with Gasteiger partial charge >= 0.3 is 0 Å². The molecule has 1 aromatic carbocycles. The molecular weight excluding hydrogens is 292 g/mol. The molecule has 0 radical (unpaired) electrons. The van der Waals surface area contributed by atoms with Gasteiger partial charge in [-0.3, -0.25) is 0 Å². The summed E-state index contributed by atoms with van der Waals surface area (Å²) in [7, 11) is 0. The number of hydrogen-bond donors (Lipinski definition) is 0. The van der Waals surface area contributed by atoms with Crippen molar-refractivity contribution in [2.75, 3.05) is 10.7 Å². The highest BCUT2D eigenvalue weighted by Gasteiger charge is 2.05. The maximum atomic E-state index is 3.52. The summed E-state index contributed by atoms with van der Waals surface area (Å²) in [5.74, 6) is 0.697. The third-order valence-corrected chi connectivity index (χ3v) is 3.91. The van der Waals surface area contributed by atoms with Gasteiger partial charge in [0, 0.05) is 10.7 Å². The first kappa shape index (κ1) is 11.3. The lowest BCUT2D eigenvalue weighted by Crippen LogP contribution is -2.07. The van der Waals surface area contributed by atoms with Gasteiger partial charge < -0.3 is 0 Å². The van der Waals surface area contributed by atoms with E-state index in [2.05, 4.69) is 63.0 Å². The summed E-state index contributed by atoms with van der Waals surface area (Å²) in [5, 5.41) is 2.12. The average Bonchev–Trinajstić information content (AvgIpc) is 2.17. The van der Waals surface area contributed by atoms with Crippen LogP contribution >= 0.6 is 31.9 Å². The van der Waals surface area contributed by atoms with Crippen LogP contribution in [0.3, 0.4) is 0 Å². The summed E-state index contributed by atoms with van der Waals surface area (Å²) in [4.78, 5) is 0. The lowest BCUT2D eigenvalue weighted by atomic mass is 10.0. The molecule has 0 saturated carbocycles. The largest absolute Gasteiger partial charge is 0.0925 e. The molecule has 13 heavy (non-hydrogen) atoms. The molecule has 1 rings (SSSR count). The van der Waals surface area contributed by atoms with Gasteiger partial charge in [-0.15, -0.1) is 0 Å². The third kappa shape index (κ3) is 3.82. The summed E-state index contributed by atoms with van der Waals surface area (Å²) < 4.78 is 0. The summed E-state index contributed by atoms with van der Waals surface area (Å²) >= 11 is 7.04. The predicted octanol–water partition coefficient (Wildman–Crippen LogP) is 3.94. The van der Waals surface area contributed by atoms with Crippen LogP contribution in [0.1, 0.15) is 11.1 Å². The number of alkyl halides is 2. The van der Waals surface area contributed by atoms with Gasteiger partial charge in [0.2, 0.25) is 0 Å². The zero-order valence-electron chi connectivity index (χ0n) is 7.76. The van der Waals surface area contributed by atoms with Crippen molar-refractivity contribution in [2.24, 2.45) is 5.92 Å². The number of rotatable bonds is 4. The molecule has 0 bridgehead atoms. The maximum Gasteiger partial charge on any atom is 0.00708 e. The first-order valence-corrected chi connectivity index (χ1v) is 6.68. The zero-order valence-corrected chi connectivity index (χ0v) is 10.9. The monoisotopic (exact) mass is 304 g/mol. The minimum atomic E-state index is 0.697. The van der Waals surface area contributed by atoms with Crippen molar-refractivity contribution in [3.8, 4) is 0 Å². The molecule has 72 valence electrons. The number of benzene rings is 1. The smallest absolute Gasteiger partial charge is 0.00708 e. The van der Waals surface area contributed by atoms with Crippen molar-refractivity contribution < 1.29 is 0 Å². The summed E-state index contributed by atoms with van der Waals surface area (Å²) in [6.45, 7) is 2.12. The van der Waals surface area contributed by atoms with Crippen LogP contribution < -0.4 is 0 Å². The third-order valence-electron chi connectivity index (χ3n) is 2.08. The Morgan fingerprint density at radius 3 is 2.08 bits per heavy atom. The fourth-order valence-corrected chi connectivity index (χ4v) is 2.74. The summed E-state index contributed by atoms with van der Waals surface area (Å²) in [6.07, 6.45) is 1.15. The molecule has 0 atom stereocenters. The number of hydrogen-bond acceptors (Lipinski definition) is 0. The van der Waals surface area contributed by atoms with Gasteiger partial charge in [0.1, 0.15) is 0 Å². The standard InChI is InChI=1S/C11H14Br2/c1-9-2-4-10(5-3-9)6-11(7-12)8-13/h2-5,11H,6-8H2,1H3. The Hall–Kier alpha value is 0.180.